The number of carbonyl (C=O) groups is 2. The van der Waals surface area contributed by atoms with Gasteiger partial charge >= 0.3 is 6.03 Å². The summed E-state index contributed by atoms with van der Waals surface area (Å²) in [6.45, 7) is 1.54. The topological polar surface area (TPSA) is 111 Å². The average molecular weight is 309 g/mol. The molecule has 4 N–H and O–H groups in total. The van der Waals surface area contributed by atoms with Crippen LogP contribution in [-0.4, -0.2) is 59.5 Å². The van der Waals surface area contributed by atoms with Crippen molar-refractivity contribution in [2.24, 2.45) is 0 Å². The summed E-state index contributed by atoms with van der Waals surface area (Å²) in [6, 6.07) is 6.03. The van der Waals surface area contributed by atoms with Crippen molar-refractivity contribution in [1.29, 1.82) is 0 Å². The largest absolute Gasteiger partial charge is 0.492 e. The number of amides is 3. The van der Waals surface area contributed by atoms with Gasteiger partial charge < -0.3 is 20.1 Å². The highest BCUT2D eigenvalue weighted by Crippen LogP contribution is 2.12. The number of likely N-dealkylation sites (tertiary alicyclic amines) is 1. The van der Waals surface area contributed by atoms with Crippen LogP contribution in [0.25, 0.3) is 0 Å². The maximum Gasteiger partial charge on any atom is 0.317 e. The van der Waals surface area contributed by atoms with Crippen molar-refractivity contribution in [3.05, 3.63) is 29.8 Å². The molecule has 2 rings (SSSR count). The van der Waals surface area contributed by atoms with Crippen molar-refractivity contribution in [3.63, 3.8) is 0 Å². The van der Waals surface area contributed by atoms with Crippen LogP contribution in [0.1, 0.15) is 16.8 Å². The van der Waals surface area contributed by atoms with E-state index < -0.39 is 12.0 Å². The predicted octanol–water partition coefficient (Wildman–Crippen LogP) is -0.0394. The second kappa shape index (κ2) is 7.62. The van der Waals surface area contributed by atoms with Crippen LogP contribution >= 0.6 is 0 Å². The second-order valence-electron chi connectivity index (χ2n) is 4.93. The summed E-state index contributed by atoms with van der Waals surface area (Å²) in [7, 11) is 0. The highest BCUT2D eigenvalue weighted by molar-refractivity contribution is 5.93. The minimum Gasteiger partial charge on any atom is -0.492 e. The minimum atomic E-state index is -0.591. The van der Waals surface area contributed by atoms with Gasteiger partial charge in [-0.3, -0.25) is 10.0 Å². The summed E-state index contributed by atoms with van der Waals surface area (Å²) in [5.74, 6) is -0.0352. The predicted molar refractivity (Wildman–Crippen MR) is 76.8 cm³/mol. The summed E-state index contributed by atoms with van der Waals surface area (Å²) >= 11 is 0. The standard InChI is InChI=1S/C14H19N3O5/c18-11-5-7-17(9-11)14(20)15-6-8-22-12-3-1-10(2-4-12)13(19)16-21/h1-4,11,18,21H,5-9H2,(H,15,20)(H,16,19). The zero-order chi connectivity index (χ0) is 15.9. The second-order valence-corrected chi connectivity index (χ2v) is 4.93. The van der Waals surface area contributed by atoms with Gasteiger partial charge in [-0.15, -0.1) is 0 Å². The number of nitrogens with one attached hydrogen (secondary N) is 2. The molecule has 1 atom stereocenters. The number of β-amino-alcohol motifs (C(OH)–C–C–N with tert-alkyl or cyclic N) is 1. The lowest BCUT2D eigenvalue weighted by Crippen LogP contribution is -2.40. The lowest BCUT2D eigenvalue weighted by molar-refractivity contribution is 0.0706. The van der Waals surface area contributed by atoms with Gasteiger partial charge in [-0.1, -0.05) is 0 Å². The van der Waals surface area contributed by atoms with E-state index in [0.717, 1.165) is 0 Å². The first-order valence-electron chi connectivity index (χ1n) is 6.98. The van der Waals surface area contributed by atoms with Crippen LogP contribution in [0.2, 0.25) is 0 Å². The zero-order valence-corrected chi connectivity index (χ0v) is 12.0. The van der Waals surface area contributed by atoms with E-state index in [9.17, 15) is 14.7 Å². The number of hydroxylamine groups is 1. The number of benzene rings is 1. The Morgan fingerprint density at radius 1 is 1.32 bits per heavy atom. The van der Waals surface area contributed by atoms with Crippen LogP contribution in [0.15, 0.2) is 24.3 Å². The fourth-order valence-corrected chi connectivity index (χ4v) is 2.13. The van der Waals surface area contributed by atoms with E-state index in [4.69, 9.17) is 9.94 Å². The van der Waals surface area contributed by atoms with Crippen LogP contribution in [-0.2, 0) is 0 Å². The number of aliphatic hydroxyl groups excluding tert-OH is 1. The molecule has 8 heteroatoms. The van der Waals surface area contributed by atoms with Gasteiger partial charge in [0.15, 0.2) is 0 Å². The quantitative estimate of drug-likeness (QED) is 0.346. The summed E-state index contributed by atoms with van der Waals surface area (Å²) < 4.78 is 5.43. The highest BCUT2D eigenvalue weighted by Gasteiger charge is 2.23. The molecule has 0 aromatic heterocycles. The minimum absolute atomic E-state index is 0.213. The van der Waals surface area contributed by atoms with Gasteiger partial charge in [0.1, 0.15) is 12.4 Å². The Labute approximate surface area is 127 Å². The molecule has 1 aromatic carbocycles. The molecule has 3 amide bonds. The number of rotatable bonds is 5. The highest BCUT2D eigenvalue weighted by atomic mass is 16.5. The van der Waals surface area contributed by atoms with Crippen molar-refractivity contribution in [1.82, 2.24) is 15.7 Å². The van der Waals surface area contributed by atoms with Crippen LogP contribution in [0.5, 0.6) is 5.75 Å². The number of urea groups is 1. The van der Waals surface area contributed by atoms with Gasteiger partial charge in [0, 0.05) is 18.7 Å². The third-order valence-electron chi connectivity index (χ3n) is 3.32. The SMILES string of the molecule is O=C(NO)c1ccc(OCCNC(=O)N2CCC(O)C2)cc1. The molecule has 1 aromatic rings. The van der Waals surface area contributed by atoms with E-state index in [1.54, 1.807) is 22.5 Å². The molecule has 1 aliphatic rings. The first-order valence-corrected chi connectivity index (χ1v) is 6.98. The Hall–Kier alpha value is -2.32. The summed E-state index contributed by atoms with van der Waals surface area (Å²) in [5, 5.41) is 20.6. The van der Waals surface area contributed by atoms with Crippen molar-refractivity contribution in [2.45, 2.75) is 12.5 Å². The van der Waals surface area contributed by atoms with E-state index in [-0.39, 0.29) is 12.6 Å². The van der Waals surface area contributed by atoms with Crippen molar-refractivity contribution in [3.8, 4) is 5.75 Å². The molecule has 1 heterocycles. The summed E-state index contributed by atoms with van der Waals surface area (Å²) in [6.07, 6.45) is 0.175. The lowest BCUT2D eigenvalue weighted by Gasteiger charge is -2.16. The number of aliphatic hydroxyl groups is 1. The fraction of sp³-hybridized carbons (Fsp3) is 0.429. The molecule has 0 aliphatic carbocycles. The van der Waals surface area contributed by atoms with Gasteiger partial charge in [0.05, 0.1) is 12.6 Å². The fourth-order valence-electron chi connectivity index (χ4n) is 2.13. The number of carbonyl (C=O) groups excluding carboxylic acids is 2. The number of hydrogen-bond acceptors (Lipinski definition) is 5. The van der Waals surface area contributed by atoms with Gasteiger partial charge in [0.25, 0.3) is 5.91 Å². The van der Waals surface area contributed by atoms with Crippen LogP contribution in [0.4, 0.5) is 4.79 Å². The maximum absolute atomic E-state index is 11.7. The molecule has 0 radical (unpaired) electrons. The smallest absolute Gasteiger partial charge is 0.317 e. The molecule has 0 saturated carbocycles. The van der Waals surface area contributed by atoms with Gasteiger partial charge in [-0.25, -0.2) is 10.3 Å². The van der Waals surface area contributed by atoms with Crippen LogP contribution in [0, 0.1) is 0 Å². The molecule has 8 nitrogen and oxygen atoms in total. The van der Waals surface area contributed by atoms with Crippen LogP contribution < -0.4 is 15.5 Å². The van der Waals surface area contributed by atoms with Crippen molar-refractivity contribution in [2.75, 3.05) is 26.2 Å². The molecular weight excluding hydrogens is 290 g/mol. The first-order chi connectivity index (χ1) is 10.6. The van der Waals surface area contributed by atoms with E-state index in [1.165, 1.54) is 12.1 Å². The molecule has 22 heavy (non-hydrogen) atoms. The number of ether oxygens (including phenoxy) is 1. The van der Waals surface area contributed by atoms with Gasteiger partial charge in [-0.05, 0) is 30.7 Å². The molecule has 1 unspecified atom stereocenters. The molecule has 1 aliphatic heterocycles. The Morgan fingerprint density at radius 3 is 2.64 bits per heavy atom. The third kappa shape index (κ3) is 4.34. The Bertz CT molecular complexity index is 520. The summed E-state index contributed by atoms with van der Waals surface area (Å²) in [5.41, 5.74) is 1.86. The van der Waals surface area contributed by atoms with Gasteiger partial charge in [0.2, 0.25) is 0 Å². The Kier molecular flexibility index (Phi) is 5.56. The number of hydrogen-bond donors (Lipinski definition) is 4. The zero-order valence-electron chi connectivity index (χ0n) is 12.0. The Morgan fingerprint density at radius 2 is 2.05 bits per heavy atom. The van der Waals surface area contributed by atoms with E-state index in [0.29, 0.717) is 37.4 Å². The molecular formula is C14H19N3O5. The normalized spacial score (nSPS) is 17.2. The molecule has 120 valence electrons. The van der Waals surface area contributed by atoms with E-state index >= 15 is 0 Å². The van der Waals surface area contributed by atoms with Gasteiger partial charge in [-0.2, -0.15) is 0 Å². The average Bonchev–Trinajstić information content (AvgIpc) is 2.98. The third-order valence-corrected chi connectivity index (χ3v) is 3.32. The number of nitrogens with zero attached hydrogens (tertiary/aromatic N) is 1. The van der Waals surface area contributed by atoms with E-state index in [2.05, 4.69) is 5.32 Å². The monoisotopic (exact) mass is 309 g/mol. The van der Waals surface area contributed by atoms with Crippen molar-refractivity contribution >= 4 is 11.9 Å². The Balaban J connectivity index is 1.68. The maximum atomic E-state index is 11.7. The van der Waals surface area contributed by atoms with E-state index in [1.807, 2.05) is 0 Å². The first kappa shape index (κ1) is 16.1. The van der Waals surface area contributed by atoms with Crippen LogP contribution in [0.3, 0.4) is 0 Å². The molecule has 0 spiro atoms. The molecule has 0 bridgehead atoms. The lowest BCUT2D eigenvalue weighted by atomic mass is 10.2. The molecule has 1 saturated heterocycles. The summed E-state index contributed by atoms with van der Waals surface area (Å²) in [4.78, 5) is 24.4. The molecule has 1 fully saturated rings. The van der Waals surface area contributed by atoms with Crippen molar-refractivity contribution < 1.29 is 24.6 Å².